The molecule has 3 heteroatoms. The normalized spacial score (nSPS) is 15.7. The number of hydrogen-bond acceptors (Lipinski definition) is 2. The Morgan fingerprint density at radius 3 is 3.07 bits per heavy atom. The molecular formula is C11H10N3. The van der Waals surface area contributed by atoms with E-state index in [-0.39, 0.29) is 0 Å². The van der Waals surface area contributed by atoms with Crippen molar-refractivity contribution in [2.75, 3.05) is 0 Å². The van der Waals surface area contributed by atoms with Crippen molar-refractivity contribution in [1.29, 1.82) is 0 Å². The second-order valence-electron chi connectivity index (χ2n) is 3.61. The number of aromatic nitrogens is 3. The van der Waals surface area contributed by atoms with Crippen molar-refractivity contribution in [2.24, 2.45) is 0 Å². The van der Waals surface area contributed by atoms with Crippen molar-refractivity contribution < 1.29 is 0 Å². The van der Waals surface area contributed by atoms with Crippen molar-refractivity contribution in [3.63, 3.8) is 0 Å². The first-order chi connectivity index (χ1) is 6.93. The fraction of sp³-hybridized carbons (Fsp3) is 0.273. The predicted octanol–water partition coefficient (Wildman–Crippen LogP) is 2.15. The van der Waals surface area contributed by atoms with Crippen molar-refractivity contribution in [2.45, 2.75) is 18.8 Å². The van der Waals surface area contributed by atoms with Crippen LogP contribution in [0, 0.1) is 6.07 Å². The molecule has 3 nitrogen and oxygen atoms in total. The van der Waals surface area contributed by atoms with E-state index in [0.717, 1.165) is 17.2 Å². The molecule has 1 aliphatic rings. The minimum absolute atomic E-state index is 0.629. The molecule has 0 aliphatic heterocycles. The minimum Gasteiger partial charge on any atom is -0.262 e. The molecule has 1 fully saturated rings. The number of rotatable bonds is 2. The predicted molar refractivity (Wildman–Crippen MR) is 52.6 cm³/mol. The van der Waals surface area contributed by atoms with Gasteiger partial charge in [0, 0.05) is 11.5 Å². The highest BCUT2D eigenvalue weighted by Gasteiger charge is 2.27. The van der Waals surface area contributed by atoms with Crippen LogP contribution in [0.5, 0.6) is 0 Å². The Kier molecular flexibility index (Phi) is 1.63. The smallest absolute Gasteiger partial charge is 0.181 e. The Bertz CT molecular complexity index is 429. The zero-order chi connectivity index (χ0) is 9.38. The van der Waals surface area contributed by atoms with Gasteiger partial charge in [-0.1, -0.05) is 18.2 Å². The van der Waals surface area contributed by atoms with Crippen LogP contribution in [-0.4, -0.2) is 15.2 Å². The van der Waals surface area contributed by atoms with Crippen LogP contribution < -0.4 is 0 Å². The monoisotopic (exact) mass is 184 g/mol. The van der Waals surface area contributed by atoms with Gasteiger partial charge in [-0.05, 0) is 25.0 Å². The van der Waals surface area contributed by atoms with Crippen LogP contribution in [0.3, 0.4) is 0 Å². The highest BCUT2D eigenvalue weighted by molar-refractivity contribution is 5.53. The summed E-state index contributed by atoms with van der Waals surface area (Å²) in [6.07, 6.45) is 2.49. The molecule has 1 aromatic carbocycles. The van der Waals surface area contributed by atoms with Gasteiger partial charge in [0.05, 0.1) is 0 Å². The third-order valence-corrected chi connectivity index (χ3v) is 2.43. The Hall–Kier alpha value is -1.64. The SMILES string of the molecule is [c]1cccc(-c2n[nH]c(C3CC3)n2)c1. The van der Waals surface area contributed by atoms with E-state index < -0.39 is 0 Å². The second kappa shape index (κ2) is 2.94. The molecule has 1 aromatic heterocycles. The highest BCUT2D eigenvalue weighted by atomic mass is 15.2. The minimum atomic E-state index is 0.629. The molecule has 0 spiro atoms. The van der Waals surface area contributed by atoms with E-state index >= 15 is 0 Å². The molecule has 1 heterocycles. The van der Waals surface area contributed by atoms with Crippen LogP contribution in [0.25, 0.3) is 11.4 Å². The lowest BCUT2D eigenvalue weighted by atomic mass is 10.2. The van der Waals surface area contributed by atoms with E-state index in [1.807, 2.05) is 24.3 Å². The van der Waals surface area contributed by atoms with E-state index in [2.05, 4.69) is 21.2 Å². The molecule has 0 atom stereocenters. The lowest BCUT2D eigenvalue weighted by Gasteiger charge is -1.91. The van der Waals surface area contributed by atoms with Crippen molar-refractivity contribution in [3.8, 4) is 11.4 Å². The maximum atomic E-state index is 4.46. The molecule has 69 valence electrons. The average molecular weight is 184 g/mol. The van der Waals surface area contributed by atoms with Gasteiger partial charge < -0.3 is 0 Å². The molecule has 14 heavy (non-hydrogen) atoms. The van der Waals surface area contributed by atoms with Gasteiger partial charge in [-0.15, -0.1) is 0 Å². The van der Waals surface area contributed by atoms with Crippen molar-refractivity contribution in [1.82, 2.24) is 15.2 Å². The summed E-state index contributed by atoms with van der Waals surface area (Å²) in [4.78, 5) is 4.46. The number of aromatic amines is 1. The number of benzene rings is 1. The maximum absolute atomic E-state index is 4.46. The Morgan fingerprint density at radius 2 is 2.36 bits per heavy atom. The van der Waals surface area contributed by atoms with Gasteiger partial charge >= 0.3 is 0 Å². The fourth-order valence-electron chi connectivity index (χ4n) is 1.48. The number of H-pyrrole nitrogens is 1. The molecule has 3 rings (SSSR count). The zero-order valence-electron chi connectivity index (χ0n) is 7.70. The summed E-state index contributed by atoms with van der Waals surface area (Å²) in [7, 11) is 0. The summed E-state index contributed by atoms with van der Waals surface area (Å²) >= 11 is 0. The van der Waals surface area contributed by atoms with Gasteiger partial charge in [-0.25, -0.2) is 4.98 Å². The summed E-state index contributed by atoms with van der Waals surface area (Å²) in [5, 5.41) is 7.18. The molecule has 0 saturated heterocycles. The van der Waals surface area contributed by atoms with E-state index in [9.17, 15) is 0 Å². The van der Waals surface area contributed by atoms with Crippen LogP contribution in [0.1, 0.15) is 24.6 Å². The molecule has 1 N–H and O–H groups in total. The molecule has 0 bridgehead atoms. The van der Waals surface area contributed by atoms with Gasteiger partial charge in [0.1, 0.15) is 5.82 Å². The topological polar surface area (TPSA) is 41.6 Å². The fourth-order valence-corrected chi connectivity index (χ4v) is 1.48. The zero-order valence-corrected chi connectivity index (χ0v) is 7.70. The third-order valence-electron chi connectivity index (χ3n) is 2.43. The third kappa shape index (κ3) is 1.31. The Morgan fingerprint density at radius 1 is 1.43 bits per heavy atom. The first-order valence-electron chi connectivity index (χ1n) is 4.82. The number of nitrogens with one attached hydrogen (secondary N) is 1. The quantitative estimate of drug-likeness (QED) is 0.777. The molecule has 1 radical (unpaired) electrons. The molecule has 2 aromatic rings. The van der Waals surface area contributed by atoms with Gasteiger partial charge in [-0.3, -0.25) is 5.10 Å². The molecule has 1 aliphatic carbocycles. The highest BCUT2D eigenvalue weighted by Crippen LogP contribution is 2.38. The molecule has 0 amide bonds. The van der Waals surface area contributed by atoms with Gasteiger partial charge in [0.15, 0.2) is 5.82 Å². The van der Waals surface area contributed by atoms with Crippen LogP contribution in [-0.2, 0) is 0 Å². The van der Waals surface area contributed by atoms with Gasteiger partial charge in [0.2, 0.25) is 0 Å². The van der Waals surface area contributed by atoms with E-state index in [1.165, 1.54) is 12.8 Å². The molecule has 0 unspecified atom stereocenters. The first-order valence-corrected chi connectivity index (χ1v) is 4.82. The van der Waals surface area contributed by atoms with Gasteiger partial charge in [0.25, 0.3) is 0 Å². The standard InChI is InChI=1S/C11H10N3/c1-2-4-8(5-3-1)10-12-11(14-13-10)9-6-7-9/h1-2,4-5,9H,6-7H2,(H,12,13,14). The van der Waals surface area contributed by atoms with E-state index in [4.69, 9.17) is 0 Å². The number of nitrogens with zero attached hydrogens (tertiary/aromatic N) is 2. The average Bonchev–Trinajstić information content (AvgIpc) is 2.98. The Balaban J connectivity index is 1.96. The molecule has 1 saturated carbocycles. The summed E-state index contributed by atoms with van der Waals surface area (Å²) in [6.45, 7) is 0. The largest absolute Gasteiger partial charge is 0.262 e. The van der Waals surface area contributed by atoms with Crippen LogP contribution >= 0.6 is 0 Å². The van der Waals surface area contributed by atoms with Crippen molar-refractivity contribution in [3.05, 3.63) is 36.2 Å². The van der Waals surface area contributed by atoms with Crippen molar-refractivity contribution >= 4 is 0 Å². The number of hydrogen-bond donors (Lipinski definition) is 1. The summed E-state index contributed by atoms with van der Waals surface area (Å²) in [5.41, 5.74) is 1.02. The lowest BCUT2D eigenvalue weighted by molar-refractivity contribution is 0.935. The van der Waals surface area contributed by atoms with Gasteiger partial charge in [-0.2, -0.15) is 5.10 Å². The molecular weight excluding hydrogens is 174 g/mol. The van der Waals surface area contributed by atoms with Crippen LogP contribution in [0.15, 0.2) is 24.3 Å². The van der Waals surface area contributed by atoms with Crippen LogP contribution in [0.4, 0.5) is 0 Å². The second-order valence-corrected chi connectivity index (χ2v) is 3.61. The van der Waals surface area contributed by atoms with E-state index in [0.29, 0.717) is 5.92 Å². The summed E-state index contributed by atoms with van der Waals surface area (Å²) in [6, 6.07) is 10.7. The lowest BCUT2D eigenvalue weighted by Crippen LogP contribution is -1.81. The summed E-state index contributed by atoms with van der Waals surface area (Å²) in [5.74, 6) is 2.44. The first kappa shape index (κ1) is 7.74. The maximum Gasteiger partial charge on any atom is 0.181 e. The van der Waals surface area contributed by atoms with Crippen LogP contribution in [0.2, 0.25) is 0 Å². The van der Waals surface area contributed by atoms with E-state index in [1.54, 1.807) is 0 Å². The Labute approximate surface area is 82.2 Å². The summed E-state index contributed by atoms with van der Waals surface area (Å²) < 4.78 is 0.